The van der Waals surface area contributed by atoms with Crippen LogP contribution in [0.3, 0.4) is 0 Å². The maximum atomic E-state index is 13.1. The largest absolute Gasteiger partial charge is 0.339 e. The molecule has 2 aromatic rings. The summed E-state index contributed by atoms with van der Waals surface area (Å²) in [6, 6.07) is 15.7. The summed E-state index contributed by atoms with van der Waals surface area (Å²) in [5.41, 5.74) is 1.92. The number of amides is 2. The Hall–Kier alpha value is -2.73. The molecule has 1 unspecified atom stereocenters. The molecule has 0 saturated carbocycles. The fourth-order valence-electron chi connectivity index (χ4n) is 3.71. The van der Waals surface area contributed by atoms with Crippen molar-refractivity contribution < 1.29 is 14.0 Å². The number of hydrogen-bond donors (Lipinski definition) is 0. The van der Waals surface area contributed by atoms with Crippen LogP contribution in [-0.4, -0.2) is 66.8 Å². The van der Waals surface area contributed by atoms with Crippen LogP contribution in [0.5, 0.6) is 0 Å². The lowest BCUT2D eigenvalue weighted by molar-refractivity contribution is -0.142. The number of rotatable bonds is 6. The fourth-order valence-corrected chi connectivity index (χ4v) is 3.71. The number of hydrogen-bond acceptors (Lipinski definition) is 3. The maximum absolute atomic E-state index is 13.1. The van der Waals surface area contributed by atoms with Crippen LogP contribution in [0.25, 0.3) is 0 Å². The lowest BCUT2D eigenvalue weighted by Crippen LogP contribution is -2.52. The van der Waals surface area contributed by atoms with Crippen molar-refractivity contribution in [2.75, 3.05) is 40.3 Å². The van der Waals surface area contributed by atoms with Gasteiger partial charge in [-0.15, -0.1) is 0 Å². The lowest BCUT2D eigenvalue weighted by atomic mass is 10.0. The van der Waals surface area contributed by atoms with Crippen molar-refractivity contribution >= 4 is 11.8 Å². The second-order valence-electron chi connectivity index (χ2n) is 7.61. The zero-order valence-corrected chi connectivity index (χ0v) is 17.1. The molecule has 2 aromatic carbocycles. The summed E-state index contributed by atoms with van der Waals surface area (Å²) in [7, 11) is 3.82. The van der Waals surface area contributed by atoms with Gasteiger partial charge in [-0.25, -0.2) is 4.39 Å². The summed E-state index contributed by atoms with van der Waals surface area (Å²) >= 11 is 0. The van der Waals surface area contributed by atoms with Gasteiger partial charge in [-0.05, 0) is 43.8 Å². The molecule has 1 saturated heterocycles. The number of carbonyl (C=O) groups excluding carboxylic acids is 2. The Kier molecular flexibility index (Phi) is 6.99. The normalized spacial score (nSPS) is 15.4. The molecule has 1 atom stereocenters. The van der Waals surface area contributed by atoms with Crippen molar-refractivity contribution in [1.29, 1.82) is 0 Å². The fraction of sp³-hybridized carbons (Fsp3) is 0.391. The lowest BCUT2D eigenvalue weighted by Gasteiger charge is -2.37. The van der Waals surface area contributed by atoms with E-state index in [9.17, 15) is 14.0 Å². The van der Waals surface area contributed by atoms with Crippen molar-refractivity contribution in [2.24, 2.45) is 0 Å². The van der Waals surface area contributed by atoms with Gasteiger partial charge in [-0.2, -0.15) is 0 Å². The smallest absolute Gasteiger partial charge is 0.244 e. The van der Waals surface area contributed by atoms with E-state index in [1.807, 2.05) is 59.1 Å². The highest BCUT2D eigenvalue weighted by molar-refractivity contribution is 5.84. The van der Waals surface area contributed by atoms with Crippen molar-refractivity contribution in [3.63, 3.8) is 0 Å². The van der Waals surface area contributed by atoms with Gasteiger partial charge in [0, 0.05) is 32.6 Å². The molecule has 154 valence electrons. The number of piperazine rings is 1. The average molecular weight is 397 g/mol. The minimum absolute atomic E-state index is 0.0691. The molecule has 0 bridgehead atoms. The number of benzene rings is 2. The van der Waals surface area contributed by atoms with E-state index in [1.54, 1.807) is 12.1 Å². The van der Waals surface area contributed by atoms with Crippen LogP contribution in [0.15, 0.2) is 54.6 Å². The van der Waals surface area contributed by atoms with E-state index in [1.165, 1.54) is 12.1 Å². The Balaban J connectivity index is 1.53. The molecule has 3 rings (SSSR count). The molecule has 0 aromatic heterocycles. The van der Waals surface area contributed by atoms with E-state index in [0.29, 0.717) is 39.0 Å². The van der Waals surface area contributed by atoms with E-state index in [4.69, 9.17) is 0 Å². The van der Waals surface area contributed by atoms with Crippen LogP contribution in [0.2, 0.25) is 0 Å². The van der Waals surface area contributed by atoms with Gasteiger partial charge in [0.25, 0.3) is 0 Å². The van der Waals surface area contributed by atoms with E-state index in [2.05, 4.69) is 0 Å². The van der Waals surface area contributed by atoms with Crippen LogP contribution in [0, 0.1) is 5.82 Å². The van der Waals surface area contributed by atoms with Crippen LogP contribution in [0.1, 0.15) is 23.6 Å². The summed E-state index contributed by atoms with van der Waals surface area (Å²) in [5, 5.41) is 0. The Morgan fingerprint density at radius 3 is 2.10 bits per heavy atom. The molecule has 29 heavy (non-hydrogen) atoms. The molecule has 1 aliphatic rings. The molecule has 6 heteroatoms. The topological polar surface area (TPSA) is 43.9 Å². The van der Waals surface area contributed by atoms with E-state index >= 15 is 0 Å². The Labute approximate surface area is 171 Å². The average Bonchev–Trinajstić information content (AvgIpc) is 2.74. The molecule has 1 fully saturated rings. The third-order valence-corrected chi connectivity index (χ3v) is 5.35. The van der Waals surface area contributed by atoms with E-state index < -0.39 is 0 Å². The Morgan fingerprint density at radius 1 is 0.931 bits per heavy atom. The van der Waals surface area contributed by atoms with Crippen LogP contribution < -0.4 is 0 Å². The highest BCUT2D eigenvalue weighted by Gasteiger charge is 2.30. The summed E-state index contributed by atoms with van der Waals surface area (Å²) in [6.07, 6.45) is 0.985. The van der Waals surface area contributed by atoms with E-state index in [-0.39, 0.29) is 23.7 Å². The first-order valence-electron chi connectivity index (χ1n) is 9.98. The molecule has 0 N–H and O–H groups in total. The van der Waals surface area contributed by atoms with Crippen molar-refractivity contribution in [2.45, 2.75) is 18.9 Å². The van der Waals surface area contributed by atoms with Crippen LogP contribution >= 0.6 is 0 Å². The number of carbonyl (C=O) groups is 2. The molecule has 1 aliphatic heterocycles. The van der Waals surface area contributed by atoms with Crippen molar-refractivity contribution in [1.82, 2.24) is 14.7 Å². The highest BCUT2D eigenvalue weighted by atomic mass is 19.1. The van der Waals surface area contributed by atoms with Gasteiger partial charge in [0.2, 0.25) is 11.8 Å². The predicted molar refractivity (Wildman–Crippen MR) is 111 cm³/mol. The minimum atomic E-state index is -0.322. The quantitative estimate of drug-likeness (QED) is 0.753. The second-order valence-corrected chi connectivity index (χ2v) is 7.61. The first-order chi connectivity index (χ1) is 14.0. The SMILES string of the molecule is CN(C)C(C(=O)N1CCN(C(=O)CCc2ccc(F)cc2)CC1)c1ccccc1. The van der Waals surface area contributed by atoms with Gasteiger partial charge in [-0.1, -0.05) is 42.5 Å². The molecular weight excluding hydrogens is 369 g/mol. The molecular formula is C23H28FN3O2. The third kappa shape index (κ3) is 5.41. The molecule has 0 radical (unpaired) electrons. The van der Waals surface area contributed by atoms with Gasteiger partial charge in [0.15, 0.2) is 0 Å². The van der Waals surface area contributed by atoms with Crippen molar-refractivity contribution in [3.8, 4) is 0 Å². The number of likely N-dealkylation sites (N-methyl/N-ethyl adjacent to an activating group) is 1. The third-order valence-electron chi connectivity index (χ3n) is 5.35. The Bertz CT molecular complexity index is 816. The Morgan fingerprint density at radius 2 is 1.52 bits per heavy atom. The van der Waals surface area contributed by atoms with Gasteiger partial charge in [0.05, 0.1) is 0 Å². The molecule has 5 nitrogen and oxygen atoms in total. The second kappa shape index (κ2) is 9.65. The minimum Gasteiger partial charge on any atom is -0.339 e. The van der Waals surface area contributed by atoms with Gasteiger partial charge in [0.1, 0.15) is 11.9 Å². The van der Waals surface area contributed by atoms with Crippen molar-refractivity contribution in [3.05, 3.63) is 71.5 Å². The molecule has 0 aliphatic carbocycles. The first-order valence-corrected chi connectivity index (χ1v) is 9.98. The first kappa shape index (κ1) is 21.0. The number of aryl methyl sites for hydroxylation is 1. The van der Waals surface area contributed by atoms with Gasteiger partial charge >= 0.3 is 0 Å². The standard InChI is InChI=1S/C23H28FN3O2/c1-25(2)22(19-6-4-3-5-7-19)23(29)27-16-14-26(15-17-27)21(28)13-10-18-8-11-20(24)12-9-18/h3-9,11-12,22H,10,13-17H2,1-2H3. The maximum Gasteiger partial charge on any atom is 0.244 e. The monoisotopic (exact) mass is 397 g/mol. The van der Waals surface area contributed by atoms with E-state index in [0.717, 1.165) is 11.1 Å². The molecule has 2 amide bonds. The van der Waals surface area contributed by atoms with Gasteiger partial charge < -0.3 is 9.80 Å². The molecule has 1 heterocycles. The van der Waals surface area contributed by atoms with Crippen LogP contribution in [-0.2, 0) is 16.0 Å². The highest BCUT2D eigenvalue weighted by Crippen LogP contribution is 2.21. The zero-order chi connectivity index (χ0) is 20.8. The summed E-state index contributed by atoms with van der Waals surface area (Å²) < 4.78 is 13.0. The summed E-state index contributed by atoms with van der Waals surface area (Å²) in [5.74, 6) is -0.124. The summed E-state index contributed by atoms with van der Waals surface area (Å²) in [6.45, 7) is 2.17. The van der Waals surface area contributed by atoms with Crippen LogP contribution in [0.4, 0.5) is 4.39 Å². The predicted octanol–water partition coefficient (Wildman–Crippen LogP) is 2.73. The molecule has 0 spiro atoms. The summed E-state index contributed by atoms with van der Waals surface area (Å²) in [4.78, 5) is 31.2. The number of halogens is 1. The zero-order valence-electron chi connectivity index (χ0n) is 17.1. The van der Waals surface area contributed by atoms with Gasteiger partial charge in [-0.3, -0.25) is 14.5 Å². The number of nitrogens with zero attached hydrogens (tertiary/aromatic N) is 3.